The molecule has 0 spiro atoms. The van der Waals surface area contributed by atoms with Crippen molar-refractivity contribution < 1.29 is 0 Å². The predicted molar refractivity (Wildman–Crippen MR) is 60.8 cm³/mol. The SMILES string of the molecule is CCc1cc(CC(C#N)CCl)n(CC)n1. The van der Waals surface area contributed by atoms with Crippen LogP contribution in [0.15, 0.2) is 6.07 Å². The van der Waals surface area contributed by atoms with Crippen LogP contribution in [-0.4, -0.2) is 15.7 Å². The van der Waals surface area contributed by atoms with Crippen LogP contribution in [0.25, 0.3) is 0 Å². The van der Waals surface area contributed by atoms with E-state index in [1.54, 1.807) is 0 Å². The van der Waals surface area contributed by atoms with E-state index in [1.807, 2.05) is 4.68 Å². The topological polar surface area (TPSA) is 41.6 Å². The van der Waals surface area contributed by atoms with Crippen LogP contribution in [0.4, 0.5) is 0 Å². The molecule has 1 aromatic heterocycles. The molecule has 0 aromatic carbocycles. The van der Waals surface area contributed by atoms with Crippen molar-refractivity contribution >= 4 is 11.6 Å². The van der Waals surface area contributed by atoms with Crippen molar-refractivity contribution in [3.05, 3.63) is 17.5 Å². The van der Waals surface area contributed by atoms with Crippen molar-refractivity contribution in [2.75, 3.05) is 5.88 Å². The first-order valence-corrected chi connectivity index (χ1v) is 5.79. The standard InChI is InChI=1S/C11H16ClN3/c1-3-10-6-11(15(4-2)14-10)5-9(7-12)8-13/h6,9H,3-5,7H2,1-2H3. The molecule has 0 radical (unpaired) electrons. The normalized spacial score (nSPS) is 12.4. The van der Waals surface area contributed by atoms with Gasteiger partial charge in [-0.05, 0) is 19.4 Å². The molecule has 0 fully saturated rings. The van der Waals surface area contributed by atoms with Gasteiger partial charge in [0.1, 0.15) is 0 Å². The summed E-state index contributed by atoms with van der Waals surface area (Å²) >= 11 is 5.70. The molecule has 0 aliphatic rings. The van der Waals surface area contributed by atoms with Crippen molar-refractivity contribution in [3.63, 3.8) is 0 Å². The van der Waals surface area contributed by atoms with Crippen LogP contribution in [-0.2, 0) is 19.4 Å². The maximum absolute atomic E-state index is 8.85. The second kappa shape index (κ2) is 5.77. The number of nitriles is 1. The maximum Gasteiger partial charge on any atom is 0.0672 e. The minimum Gasteiger partial charge on any atom is -0.270 e. The molecule has 0 N–H and O–H groups in total. The Labute approximate surface area is 95.7 Å². The van der Waals surface area contributed by atoms with Crippen LogP contribution < -0.4 is 0 Å². The summed E-state index contributed by atoms with van der Waals surface area (Å²) in [6.07, 6.45) is 1.62. The first-order valence-electron chi connectivity index (χ1n) is 5.26. The summed E-state index contributed by atoms with van der Waals surface area (Å²) in [6.45, 7) is 4.98. The van der Waals surface area contributed by atoms with Crippen LogP contribution in [0.5, 0.6) is 0 Å². The number of aryl methyl sites for hydroxylation is 2. The van der Waals surface area contributed by atoms with E-state index in [-0.39, 0.29) is 5.92 Å². The maximum atomic E-state index is 8.85. The lowest BCUT2D eigenvalue weighted by molar-refractivity contribution is 0.588. The first-order chi connectivity index (χ1) is 7.24. The molecular formula is C11H16ClN3. The third-order valence-corrected chi connectivity index (χ3v) is 2.77. The second-order valence-electron chi connectivity index (χ2n) is 3.48. The number of alkyl halides is 1. The molecule has 82 valence electrons. The molecule has 0 aliphatic carbocycles. The van der Waals surface area contributed by atoms with E-state index in [4.69, 9.17) is 16.9 Å². The Balaban J connectivity index is 2.83. The Morgan fingerprint density at radius 1 is 1.60 bits per heavy atom. The van der Waals surface area contributed by atoms with E-state index in [9.17, 15) is 0 Å². The third-order valence-electron chi connectivity index (χ3n) is 2.40. The zero-order valence-electron chi connectivity index (χ0n) is 9.20. The average Bonchev–Trinajstić information content (AvgIpc) is 2.68. The Hall–Kier alpha value is -1.01. The van der Waals surface area contributed by atoms with Gasteiger partial charge in [-0.15, -0.1) is 11.6 Å². The highest BCUT2D eigenvalue weighted by Crippen LogP contribution is 2.12. The van der Waals surface area contributed by atoms with E-state index in [2.05, 4.69) is 31.1 Å². The van der Waals surface area contributed by atoms with Gasteiger partial charge in [0, 0.05) is 24.5 Å². The van der Waals surface area contributed by atoms with Gasteiger partial charge in [-0.25, -0.2) is 0 Å². The van der Waals surface area contributed by atoms with Gasteiger partial charge in [-0.2, -0.15) is 10.4 Å². The number of nitrogens with zero attached hydrogens (tertiary/aromatic N) is 3. The lowest BCUT2D eigenvalue weighted by atomic mass is 10.1. The molecule has 0 saturated heterocycles. The Bertz CT molecular complexity index is 351. The van der Waals surface area contributed by atoms with Crippen LogP contribution >= 0.6 is 11.6 Å². The van der Waals surface area contributed by atoms with Gasteiger partial charge in [-0.3, -0.25) is 4.68 Å². The molecule has 4 heteroatoms. The molecule has 1 rings (SSSR count). The quantitative estimate of drug-likeness (QED) is 0.722. The van der Waals surface area contributed by atoms with Crippen LogP contribution in [0.2, 0.25) is 0 Å². The fourth-order valence-electron chi connectivity index (χ4n) is 1.51. The van der Waals surface area contributed by atoms with Gasteiger partial charge in [0.2, 0.25) is 0 Å². The number of hydrogen-bond acceptors (Lipinski definition) is 2. The van der Waals surface area contributed by atoms with Crippen molar-refractivity contribution in [1.29, 1.82) is 5.26 Å². The molecule has 0 bridgehead atoms. The summed E-state index contributed by atoms with van der Waals surface area (Å²) in [5, 5.41) is 13.3. The highest BCUT2D eigenvalue weighted by molar-refractivity contribution is 6.18. The molecule has 1 unspecified atom stereocenters. The van der Waals surface area contributed by atoms with Crippen molar-refractivity contribution in [2.24, 2.45) is 5.92 Å². The van der Waals surface area contributed by atoms with E-state index < -0.39 is 0 Å². The Morgan fingerprint density at radius 2 is 2.33 bits per heavy atom. The lowest BCUT2D eigenvalue weighted by Gasteiger charge is -2.06. The molecule has 1 aromatic rings. The smallest absolute Gasteiger partial charge is 0.0672 e. The molecule has 15 heavy (non-hydrogen) atoms. The third kappa shape index (κ3) is 2.97. The summed E-state index contributed by atoms with van der Waals surface area (Å²) < 4.78 is 1.95. The van der Waals surface area contributed by atoms with Gasteiger partial charge in [0.25, 0.3) is 0 Å². The van der Waals surface area contributed by atoms with Gasteiger partial charge < -0.3 is 0 Å². The predicted octanol–water partition coefficient (Wildman–Crippen LogP) is 2.39. The monoisotopic (exact) mass is 225 g/mol. The largest absolute Gasteiger partial charge is 0.270 e. The zero-order chi connectivity index (χ0) is 11.3. The fourth-order valence-corrected chi connectivity index (χ4v) is 1.69. The van der Waals surface area contributed by atoms with Gasteiger partial charge >= 0.3 is 0 Å². The Kier molecular flexibility index (Phi) is 4.64. The van der Waals surface area contributed by atoms with E-state index in [1.165, 1.54) is 0 Å². The summed E-state index contributed by atoms with van der Waals surface area (Å²) in [4.78, 5) is 0. The summed E-state index contributed by atoms with van der Waals surface area (Å²) in [7, 11) is 0. The first kappa shape index (κ1) is 12.1. The summed E-state index contributed by atoms with van der Waals surface area (Å²) in [5.41, 5.74) is 2.19. The zero-order valence-corrected chi connectivity index (χ0v) is 9.96. The van der Waals surface area contributed by atoms with Crippen LogP contribution in [0, 0.1) is 17.2 Å². The number of rotatable bonds is 5. The Morgan fingerprint density at radius 3 is 2.80 bits per heavy atom. The van der Waals surface area contributed by atoms with Crippen LogP contribution in [0.1, 0.15) is 25.2 Å². The summed E-state index contributed by atoms with van der Waals surface area (Å²) in [5.74, 6) is 0.269. The van der Waals surface area contributed by atoms with E-state index in [0.717, 1.165) is 24.4 Å². The molecular weight excluding hydrogens is 210 g/mol. The fraction of sp³-hybridized carbons (Fsp3) is 0.636. The van der Waals surface area contributed by atoms with Gasteiger partial charge in [0.05, 0.1) is 17.7 Å². The van der Waals surface area contributed by atoms with Crippen LogP contribution in [0.3, 0.4) is 0 Å². The molecule has 0 amide bonds. The minimum absolute atomic E-state index is 0.113. The highest BCUT2D eigenvalue weighted by atomic mass is 35.5. The minimum atomic E-state index is -0.113. The molecule has 0 aliphatic heterocycles. The lowest BCUT2D eigenvalue weighted by Crippen LogP contribution is -2.09. The van der Waals surface area contributed by atoms with Crippen molar-refractivity contribution in [1.82, 2.24) is 9.78 Å². The number of halogens is 1. The molecule has 1 atom stereocenters. The number of hydrogen-bond donors (Lipinski definition) is 0. The number of aromatic nitrogens is 2. The van der Waals surface area contributed by atoms with Crippen molar-refractivity contribution in [3.8, 4) is 6.07 Å². The highest BCUT2D eigenvalue weighted by Gasteiger charge is 2.12. The average molecular weight is 226 g/mol. The molecule has 3 nitrogen and oxygen atoms in total. The molecule has 1 heterocycles. The van der Waals surface area contributed by atoms with Crippen molar-refractivity contribution in [2.45, 2.75) is 33.2 Å². The van der Waals surface area contributed by atoms with Gasteiger partial charge in [0.15, 0.2) is 0 Å². The second-order valence-corrected chi connectivity index (χ2v) is 3.79. The van der Waals surface area contributed by atoms with E-state index in [0.29, 0.717) is 12.3 Å². The van der Waals surface area contributed by atoms with E-state index >= 15 is 0 Å². The van der Waals surface area contributed by atoms with Gasteiger partial charge in [-0.1, -0.05) is 6.92 Å². The summed E-state index contributed by atoms with van der Waals surface area (Å²) in [6, 6.07) is 4.28. The molecule has 0 saturated carbocycles.